The minimum atomic E-state index is -1.11. The zero-order valence-electron chi connectivity index (χ0n) is 16.3. The van der Waals surface area contributed by atoms with Crippen molar-refractivity contribution in [2.45, 2.75) is 12.6 Å². The first-order valence-electron chi connectivity index (χ1n) is 9.51. The van der Waals surface area contributed by atoms with E-state index >= 15 is 0 Å². The molecule has 2 aromatic heterocycles. The van der Waals surface area contributed by atoms with Gasteiger partial charge in [-0.2, -0.15) is 0 Å². The van der Waals surface area contributed by atoms with Crippen LogP contribution in [0.3, 0.4) is 0 Å². The lowest BCUT2D eigenvalue weighted by atomic mass is 9.95. The third-order valence-electron chi connectivity index (χ3n) is 5.67. The Labute approximate surface area is 179 Å². The van der Waals surface area contributed by atoms with Crippen LogP contribution < -0.4 is 5.56 Å². The number of ether oxygens (including phenoxy) is 1. The zero-order valence-corrected chi connectivity index (χ0v) is 17.0. The fourth-order valence-corrected chi connectivity index (χ4v) is 4.34. The number of hydrogen-bond donors (Lipinski definition) is 2. The summed E-state index contributed by atoms with van der Waals surface area (Å²) in [6.07, 6.45) is 0. The van der Waals surface area contributed by atoms with Gasteiger partial charge in [0.05, 0.1) is 24.6 Å². The molecule has 158 valence electrons. The second kappa shape index (κ2) is 7.18. The SMILES string of the molecule is CN(C(=O)c1cc2c(Cl)cccc2[nH]1)[C@H]1COCc2[nH]c(=O)c3cc(F)c(F)cc3c21. The van der Waals surface area contributed by atoms with Crippen LogP contribution in [0.25, 0.3) is 21.7 Å². The number of halogens is 3. The Bertz CT molecular complexity index is 1430. The molecule has 0 radical (unpaired) electrons. The van der Waals surface area contributed by atoms with E-state index in [1.807, 2.05) is 6.07 Å². The molecule has 9 heteroatoms. The molecule has 0 spiro atoms. The van der Waals surface area contributed by atoms with Crippen LogP contribution in [0.15, 0.2) is 41.2 Å². The molecule has 0 saturated carbocycles. The Morgan fingerprint density at radius 2 is 1.87 bits per heavy atom. The van der Waals surface area contributed by atoms with Crippen LogP contribution in [0.4, 0.5) is 8.78 Å². The first kappa shape index (κ1) is 19.7. The maximum atomic E-state index is 14.0. The molecule has 2 aromatic carbocycles. The smallest absolute Gasteiger partial charge is 0.270 e. The Morgan fingerprint density at radius 1 is 1.13 bits per heavy atom. The van der Waals surface area contributed by atoms with Crippen LogP contribution in [-0.4, -0.2) is 34.4 Å². The number of likely N-dealkylation sites (N-methyl/N-ethyl adjacent to an activating group) is 1. The predicted molar refractivity (Wildman–Crippen MR) is 112 cm³/mol. The van der Waals surface area contributed by atoms with E-state index < -0.39 is 23.2 Å². The number of nitrogens with one attached hydrogen (secondary N) is 2. The van der Waals surface area contributed by atoms with Crippen molar-refractivity contribution in [2.24, 2.45) is 0 Å². The van der Waals surface area contributed by atoms with Gasteiger partial charge in [0.1, 0.15) is 5.69 Å². The van der Waals surface area contributed by atoms with Gasteiger partial charge in [0.15, 0.2) is 11.6 Å². The highest BCUT2D eigenvalue weighted by atomic mass is 35.5. The largest absolute Gasteiger partial charge is 0.373 e. The molecular formula is C22H16ClF2N3O3. The first-order chi connectivity index (χ1) is 14.8. The van der Waals surface area contributed by atoms with Crippen molar-refractivity contribution in [3.05, 3.63) is 80.4 Å². The fraction of sp³-hybridized carbons (Fsp3) is 0.182. The lowest BCUT2D eigenvalue weighted by molar-refractivity contribution is 0.0333. The summed E-state index contributed by atoms with van der Waals surface area (Å²) in [5.74, 6) is -2.51. The standard InChI is InChI=1S/C22H16ClF2N3O3/c1-28(22(30)17-7-12-13(23)3-2-4-16(12)26-17)19-9-31-8-18-20(19)10-5-14(24)15(25)6-11(10)21(29)27-18/h2-7,19,26H,8-9H2,1H3,(H,27,29)/t19-/m0/s1. The molecule has 5 rings (SSSR count). The van der Waals surface area contributed by atoms with Gasteiger partial charge < -0.3 is 19.6 Å². The summed E-state index contributed by atoms with van der Waals surface area (Å²) >= 11 is 6.21. The van der Waals surface area contributed by atoms with E-state index in [1.165, 1.54) is 4.90 Å². The average molecular weight is 444 g/mol. The number of rotatable bonds is 2. The summed E-state index contributed by atoms with van der Waals surface area (Å²) in [6.45, 7) is 0.233. The molecule has 4 aromatic rings. The van der Waals surface area contributed by atoms with Gasteiger partial charge >= 0.3 is 0 Å². The second-order valence-corrected chi connectivity index (χ2v) is 7.90. The lowest BCUT2D eigenvalue weighted by Crippen LogP contribution is -2.37. The number of nitrogens with zero attached hydrogens (tertiary/aromatic N) is 1. The number of amides is 1. The van der Waals surface area contributed by atoms with E-state index in [2.05, 4.69) is 9.97 Å². The fourth-order valence-electron chi connectivity index (χ4n) is 4.11. The summed E-state index contributed by atoms with van der Waals surface area (Å²) in [5, 5.41) is 1.50. The van der Waals surface area contributed by atoms with Crippen LogP contribution in [0.1, 0.15) is 27.8 Å². The molecule has 1 atom stereocenters. The highest BCUT2D eigenvalue weighted by molar-refractivity contribution is 6.35. The van der Waals surface area contributed by atoms with Crippen LogP contribution in [0.5, 0.6) is 0 Å². The Kier molecular flexibility index (Phi) is 4.56. The highest BCUT2D eigenvalue weighted by Crippen LogP contribution is 2.34. The molecule has 0 saturated heterocycles. The lowest BCUT2D eigenvalue weighted by Gasteiger charge is -2.33. The monoisotopic (exact) mass is 443 g/mol. The van der Waals surface area contributed by atoms with Crippen LogP contribution >= 0.6 is 11.6 Å². The van der Waals surface area contributed by atoms with Gasteiger partial charge in [-0.05, 0) is 35.7 Å². The Balaban J connectivity index is 1.62. The molecular weight excluding hydrogens is 428 g/mol. The van der Waals surface area contributed by atoms with E-state index in [4.69, 9.17) is 16.3 Å². The summed E-state index contributed by atoms with van der Waals surface area (Å²) < 4.78 is 33.4. The molecule has 3 heterocycles. The van der Waals surface area contributed by atoms with Gasteiger partial charge in [-0.3, -0.25) is 9.59 Å². The number of H-pyrrole nitrogens is 2. The number of carbonyl (C=O) groups excluding carboxylic acids is 1. The second-order valence-electron chi connectivity index (χ2n) is 7.49. The molecule has 0 unspecified atom stereocenters. The van der Waals surface area contributed by atoms with Crippen molar-refractivity contribution in [3.63, 3.8) is 0 Å². The number of fused-ring (bicyclic) bond motifs is 4. The molecule has 1 aliphatic heterocycles. The summed E-state index contributed by atoms with van der Waals surface area (Å²) in [6, 6.07) is 8.24. The highest BCUT2D eigenvalue weighted by Gasteiger charge is 2.32. The normalized spacial score (nSPS) is 15.9. The summed E-state index contributed by atoms with van der Waals surface area (Å²) in [7, 11) is 1.59. The number of aromatic amines is 2. The number of carbonyl (C=O) groups is 1. The van der Waals surface area contributed by atoms with Gasteiger partial charge in [-0.1, -0.05) is 17.7 Å². The van der Waals surface area contributed by atoms with E-state index in [1.54, 1.807) is 25.2 Å². The third-order valence-corrected chi connectivity index (χ3v) is 6.00. The number of benzene rings is 2. The maximum absolute atomic E-state index is 14.0. The van der Waals surface area contributed by atoms with Crippen molar-refractivity contribution in [1.82, 2.24) is 14.9 Å². The minimum absolute atomic E-state index is 0.0165. The quantitative estimate of drug-likeness (QED) is 0.485. The van der Waals surface area contributed by atoms with Crippen molar-refractivity contribution >= 4 is 39.2 Å². The van der Waals surface area contributed by atoms with Gasteiger partial charge in [0.2, 0.25) is 0 Å². The van der Waals surface area contributed by atoms with Crippen LogP contribution in [-0.2, 0) is 11.3 Å². The molecule has 0 aliphatic carbocycles. The van der Waals surface area contributed by atoms with Crippen molar-refractivity contribution in [2.75, 3.05) is 13.7 Å². The molecule has 1 amide bonds. The molecule has 0 bridgehead atoms. The van der Waals surface area contributed by atoms with Crippen LogP contribution in [0, 0.1) is 11.6 Å². The van der Waals surface area contributed by atoms with Crippen molar-refractivity contribution in [1.29, 1.82) is 0 Å². The minimum Gasteiger partial charge on any atom is -0.373 e. The molecule has 6 nitrogen and oxygen atoms in total. The third kappa shape index (κ3) is 3.10. The van der Waals surface area contributed by atoms with Crippen molar-refractivity contribution < 1.29 is 18.3 Å². The van der Waals surface area contributed by atoms with Gasteiger partial charge in [0.25, 0.3) is 11.5 Å². The predicted octanol–water partition coefficient (Wildman–Crippen LogP) is 4.28. The topological polar surface area (TPSA) is 78.2 Å². The van der Waals surface area contributed by atoms with E-state index in [9.17, 15) is 18.4 Å². The summed E-state index contributed by atoms with van der Waals surface area (Å²) in [4.78, 5) is 32.8. The molecule has 31 heavy (non-hydrogen) atoms. The van der Waals surface area contributed by atoms with Crippen LogP contribution in [0.2, 0.25) is 5.02 Å². The number of pyridine rings is 1. The molecule has 0 fully saturated rings. The molecule has 2 N–H and O–H groups in total. The zero-order chi connectivity index (χ0) is 21.9. The Hall–Kier alpha value is -3.23. The number of hydrogen-bond acceptors (Lipinski definition) is 3. The van der Waals surface area contributed by atoms with E-state index in [0.717, 1.165) is 17.6 Å². The van der Waals surface area contributed by atoms with E-state index in [0.29, 0.717) is 27.4 Å². The van der Waals surface area contributed by atoms with Gasteiger partial charge in [0, 0.05) is 34.2 Å². The molecule has 1 aliphatic rings. The van der Waals surface area contributed by atoms with Gasteiger partial charge in [-0.25, -0.2) is 8.78 Å². The average Bonchev–Trinajstić information content (AvgIpc) is 3.19. The Morgan fingerprint density at radius 3 is 2.61 bits per heavy atom. The van der Waals surface area contributed by atoms with Gasteiger partial charge in [-0.15, -0.1) is 0 Å². The first-order valence-corrected chi connectivity index (χ1v) is 9.89. The number of aromatic nitrogens is 2. The summed E-state index contributed by atoms with van der Waals surface area (Å²) in [5.41, 5.74) is 1.46. The van der Waals surface area contributed by atoms with Crippen molar-refractivity contribution in [3.8, 4) is 0 Å². The maximum Gasteiger partial charge on any atom is 0.270 e. The van der Waals surface area contributed by atoms with E-state index in [-0.39, 0.29) is 29.9 Å².